The van der Waals surface area contributed by atoms with Gasteiger partial charge in [0.2, 0.25) is 11.8 Å². The first-order chi connectivity index (χ1) is 14.0. The zero-order valence-electron chi connectivity index (χ0n) is 17.6. The third kappa shape index (κ3) is 6.52. The zero-order chi connectivity index (χ0) is 21.2. The van der Waals surface area contributed by atoms with Gasteiger partial charge >= 0.3 is 0 Å². The number of carbonyl (C=O) groups excluding carboxylic acids is 2. The maximum Gasteiger partial charge on any atom is 0.242 e. The van der Waals surface area contributed by atoms with Crippen LogP contribution in [0.15, 0.2) is 48.5 Å². The van der Waals surface area contributed by atoms with Crippen LogP contribution in [0.4, 0.5) is 0 Å². The molecule has 0 bridgehead atoms. The Bertz CT molecular complexity index is 788. The van der Waals surface area contributed by atoms with Crippen LogP contribution < -0.4 is 14.8 Å². The Morgan fingerprint density at radius 2 is 1.45 bits per heavy atom. The van der Waals surface area contributed by atoms with E-state index in [2.05, 4.69) is 5.32 Å². The molecule has 0 aliphatic rings. The SMILES string of the molecule is CCCNC(=O)C(C)N(Cc1ccc(OC)cc1)C(=O)Cc1ccc(OC)cc1. The molecule has 0 spiro atoms. The van der Waals surface area contributed by atoms with Gasteiger partial charge < -0.3 is 19.7 Å². The highest BCUT2D eigenvalue weighted by Gasteiger charge is 2.26. The van der Waals surface area contributed by atoms with Crippen molar-refractivity contribution in [1.82, 2.24) is 10.2 Å². The fourth-order valence-corrected chi connectivity index (χ4v) is 2.93. The lowest BCUT2D eigenvalue weighted by molar-refractivity contribution is -0.140. The molecule has 2 rings (SSSR count). The minimum Gasteiger partial charge on any atom is -0.497 e. The normalized spacial score (nSPS) is 11.4. The summed E-state index contributed by atoms with van der Waals surface area (Å²) in [6.45, 7) is 4.70. The molecule has 6 nitrogen and oxygen atoms in total. The van der Waals surface area contributed by atoms with Crippen LogP contribution in [0.3, 0.4) is 0 Å². The second-order valence-electron chi connectivity index (χ2n) is 6.86. The van der Waals surface area contributed by atoms with Crippen molar-refractivity contribution in [2.24, 2.45) is 0 Å². The standard InChI is InChI=1S/C23H30N2O4/c1-5-14-24-23(27)17(2)25(16-19-8-12-21(29-4)13-9-19)22(26)15-18-6-10-20(28-3)11-7-18/h6-13,17H,5,14-16H2,1-4H3,(H,24,27). The maximum atomic E-state index is 13.1. The molecule has 2 aromatic rings. The van der Waals surface area contributed by atoms with Crippen molar-refractivity contribution in [2.45, 2.75) is 39.3 Å². The lowest BCUT2D eigenvalue weighted by atomic mass is 10.1. The maximum absolute atomic E-state index is 13.1. The van der Waals surface area contributed by atoms with E-state index in [0.29, 0.717) is 13.1 Å². The number of rotatable bonds is 10. The van der Waals surface area contributed by atoms with Crippen molar-refractivity contribution in [3.63, 3.8) is 0 Å². The summed E-state index contributed by atoms with van der Waals surface area (Å²) in [6.07, 6.45) is 1.06. The highest BCUT2D eigenvalue weighted by Crippen LogP contribution is 2.17. The van der Waals surface area contributed by atoms with Crippen LogP contribution in [-0.2, 0) is 22.6 Å². The van der Waals surface area contributed by atoms with Gasteiger partial charge in [-0.25, -0.2) is 0 Å². The van der Waals surface area contributed by atoms with Crippen LogP contribution in [0.5, 0.6) is 11.5 Å². The van der Waals surface area contributed by atoms with Gasteiger partial charge in [0.25, 0.3) is 0 Å². The van der Waals surface area contributed by atoms with Gasteiger partial charge in [0, 0.05) is 13.1 Å². The van der Waals surface area contributed by atoms with Gasteiger partial charge in [0.05, 0.1) is 20.6 Å². The molecule has 2 amide bonds. The van der Waals surface area contributed by atoms with Gasteiger partial charge in [-0.05, 0) is 48.7 Å². The number of ether oxygens (including phenoxy) is 2. The molecule has 0 saturated heterocycles. The van der Waals surface area contributed by atoms with Crippen LogP contribution in [-0.4, -0.2) is 43.5 Å². The van der Waals surface area contributed by atoms with Crippen molar-refractivity contribution in [3.05, 3.63) is 59.7 Å². The van der Waals surface area contributed by atoms with Crippen molar-refractivity contribution in [2.75, 3.05) is 20.8 Å². The average molecular weight is 399 g/mol. The Morgan fingerprint density at radius 3 is 1.93 bits per heavy atom. The van der Waals surface area contributed by atoms with E-state index in [-0.39, 0.29) is 18.2 Å². The minimum atomic E-state index is -0.575. The quantitative estimate of drug-likeness (QED) is 0.667. The summed E-state index contributed by atoms with van der Waals surface area (Å²) in [6, 6.07) is 14.3. The summed E-state index contributed by atoms with van der Waals surface area (Å²) >= 11 is 0. The van der Waals surface area contributed by atoms with Gasteiger partial charge in [-0.3, -0.25) is 9.59 Å². The predicted octanol–water partition coefficient (Wildman–Crippen LogP) is 3.19. The summed E-state index contributed by atoms with van der Waals surface area (Å²) in [7, 11) is 3.22. The number of methoxy groups -OCH3 is 2. The van der Waals surface area contributed by atoms with Crippen LogP contribution in [0.2, 0.25) is 0 Å². The van der Waals surface area contributed by atoms with Crippen LogP contribution >= 0.6 is 0 Å². The van der Waals surface area contributed by atoms with E-state index in [1.54, 1.807) is 26.0 Å². The topological polar surface area (TPSA) is 67.9 Å². The molecule has 0 aliphatic carbocycles. The molecule has 156 valence electrons. The molecule has 1 N–H and O–H groups in total. The Labute approximate surface area is 172 Å². The smallest absolute Gasteiger partial charge is 0.242 e. The number of nitrogens with one attached hydrogen (secondary N) is 1. The van der Waals surface area contributed by atoms with Crippen LogP contribution in [0, 0.1) is 0 Å². The number of hydrogen-bond donors (Lipinski definition) is 1. The molecule has 0 saturated carbocycles. The fraction of sp³-hybridized carbons (Fsp3) is 0.391. The van der Waals surface area contributed by atoms with Gasteiger partial charge in [-0.2, -0.15) is 0 Å². The van der Waals surface area contributed by atoms with Crippen LogP contribution in [0.1, 0.15) is 31.4 Å². The number of nitrogens with zero attached hydrogens (tertiary/aromatic N) is 1. The minimum absolute atomic E-state index is 0.106. The molecule has 6 heteroatoms. The van der Waals surface area contributed by atoms with Gasteiger partial charge in [-0.15, -0.1) is 0 Å². The van der Waals surface area contributed by atoms with E-state index in [4.69, 9.17) is 9.47 Å². The lowest BCUT2D eigenvalue weighted by Gasteiger charge is -2.29. The monoisotopic (exact) mass is 398 g/mol. The van der Waals surface area contributed by atoms with E-state index >= 15 is 0 Å². The summed E-state index contributed by atoms with van der Waals surface area (Å²) < 4.78 is 10.4. The van der Waals surface area contributed by atoms with E-state index in [1.165, 1.54) is 0 Å². The van der Waals surface area contributed by atoms with E-state index in [9.17, 15) is 9.59 Å². The van der Waals surface area contributed by atoms with E-state index in [1.807, 2.05) is 55.5 Å². The molecular formula is C23H30N2O4. The Balaban J connectivity index is 2.18. The molecule has 2 aromatic carbocycles. The molecule has 29 heavy (non-hydrogen) atoms. The van der Waals surface area contributed by atoms with Gasteiger partial charge in [-0.1, -0.05) is 31.2 Å². The third-order valence-corrected chi connectivity index (χ3v) is 4.74. The molecule has 1 unspecified atom stereocenters. The van der Waals surface area contributed by atoms with Crippen molar-refractivity contribution < 1.29 is 19.1 Å². The van der Waals surface area contributed by atoms with E-state index in [0.717, 1.165) is 29.0 Å². The first-order valence-electron chi connectivity index (χ1n) is 9.81. The molecule has 0 aliphatic heterocycles. The third-order valence-electron chi connectivity index (χ3n) is 4.74. The van der Waals surface area contributed by atoms with Crippen LogP contribution in [0.25, 0.3) is 0 Å². The number of benzene rings is 2. The first kappa shape index (κ1) is 22.3. The second kappa shape index (κ2) is 11.1. The first-order valence-corrected chi connectivity index (χ1v) is 9.81. The fourth-order valence-electron chi connectivity index (χ4n) is 2.93. The van der Waals surface area contributed by atoms with E-state index < -0.39 is 6.04 Å². The molecular weight excluding hydrogens is 368 g/mol. The number of hydrogen-bond acceptors (Lipinski definition) is 4. The van der Waals surface area contributed by atoms with Gasteiger partial charge in [0.15, 0.2) is 0 Å². The Morgan fingerprint density at radius 1 is 0.931 bits per heavy atom. The largest absolute Gasteiger partial charge is 0.497 e. The van der Waals surface area contributed by atoms with Crippen molar-refractivity contribution in [1.29, 1.82) is 0 Å². The lowest BCUT2D eigenvalue weighted by Crippen LogP contribution is -2.48. The highest BCUT2D eigenvalue weighted by atomic mass is 16.5. The van der Waals surface area contributed by atoms with Crippen molar-refractivity contribution >= 4 is 11.8 Å². The average Bonchev–Trinajstić information content (AvgIpc) is 2.76. The molecule has 0 fully saturated rings. The second-order valence-corrected chi connectivity index (χ2v) is 6.86. The molecule has 0 heterocycles. The molecule has 1 atom stereocenters. The number of amides is 2. The molecule has 0 aromatic heterocycles. The van der Waals surface area contributed by atoms with Gasteiger partial charge in [0.1, 0.15) is 17.5 Å². The number of carbonyl (C=O) groups is 2. The Hall–Kier alpha value is -3.02. The summed E-state index contributed by atoms with van der Waals surface area (Å²) in [5.74, 6) is 1.23. The summed E-state index contributed by atoms with van der Waals surface area (Å²) in [5, 5.41) is 2.88. The Kier molecular flexibility index (Phi) is 8.52. The summed E-state index contributed by atoms with van der Waals surface area (Å²) in [5.41, 5.74) is 1.81. The zero-order valence-corrected chi connectivity index (χ0v) is 17.6. The predicted molar refractivity (Wildman–Crippen MR) is 113 cm³/mol. The highest BCUT2D eigenvalue weighted by molar-refractivity contribution is 5.88. The molecule has 0 radical (unpaired) electrons. The summed E-state index contributed by atoms with van der Waals surface area (Å²) in [4.78, 5) is 27.3. The van der Waals surface area contributed by atoms with Crippen molar-refractivity contribution in [3.8, 4) is 11.5 Å².